The second kappa shape index (κ2) is 9.01. The molecule has 2 aromatic rings. The predicted octanol–water partition coefficient (Wildman–Crippen LogP) is 2.67. The normalized spacial score (nSPS) is 12.2. The molecule has 0 aliphatic heterocycles. The highest BCUT2D eigenvalue weighted by Gasteiger charge is 2.28. The highest BCUT2D eigenvalue weighted by molar-refractivity contribution is 7.13. The maximum absolute atomic E-state index is 12.4. The lowest BCUT2D eigenvalue weighted by molar-refractivity contribution is -0.143. The van der Waals surface area contributed by atoms with Crippen LogP contribution in [-0.2, 0) is 9.53 Å². The summed E-state index contributed by atoms with van der Waals surface area (Å²) < 4.78 is 5.19. The molecule has 0 unspecified atom stereocenters. The molecule has 1 heterocycles. The van der Waals surface area contributed by atoms with Crippen molar-refractivity contribution in [3.8, 4) is 10.6 Å². The maximum atomic E-state index is 12.4. The smallest absolute Gasteiger partial charge is 0.412 e. The number of thiazole rings is 1. The summed E-state index contributed by atoms with van der Waals surface area (Å²) in [5.41, 5.74) is 0.755. The van der Waals surface area contributed by atoms with Gasteiger partial charge in [-0.15, -0.1) is 11.3 Å². The predicted molar refractivity (Wildman–Crippen MR) is 108 cm³/mol. The van der Waals surface area contributed by atoms with Gasteiger partial charge in [0.1, 0.15) is 16.3 Å². The maximum Gasteiger partial charge on any atom is 0.412 e. The number of carbonyl (C=O) groups excluding carboxylic acids is 2. The van der Waals surface area contributed by atoms with Crippen molar-refractivity contribution < 1.29 is 29.3 Å². The standard InChI is InChI=1S/C19H23N3O6S/c1-19(2,3)28-18(27)20-12-7-5-11(6-8-12)15-21-13(10-29-15)16(24)22(4)14(9-23)17(25)26/h5-8,10,14,23H,9H2,1-4H3,(H,20,27)(H,25,26)/t14-/m0/s1. The Balaban J connectivity index is 2.09. The van der Waals surface area contributed by atoms with Gasteiger partial charge < -0.3 is 19.8 Å². The zero-order valence-electron chi connectivity index (χ0n) is 16.5. The first kappa shape index (κ1) is 22.3. The number of aliphatic hydroxyl groups excluding tert-OH is 1. The molecule has 9 nitrogen and oxygen atoms in total. The van der Waals surface area contributed by atoms with E-state index in [0.29, 0.717) is 10.7 Å². The zero-order valence-corrected chi connectivity index (χ0v) is 17.3. The SMILES string of the molecule is CN(C(=O)c1csc(-c2ccc(NC(=O)OC(C)(C)C)cc2)n1)[C@@H](CO)C(=O)O. The lowest BCUT2D eigenvalue weighted by atomic mass is 10.2. The zero-order chi connectivity index (χ0) is 21.8. The van der Waals surface area contributed by atoms with Crippen molar-refractivity contribution in [2.75, 3.05) is 19.0 Å². The van der Waals surface area contributed by atoms with Crippen LogP contribution in [0.15, 0.2) is 29.6 Å². The van der Waals surface area contributed by atoms with Crippen LogP contribution in [0, 0.1) is 0 Å². The number of rotatable bonds is 6. The molecule has 156 valence electrons. The van der Waals surface area contributed by atoms with E-state index in [1.165, 1.54) is 23.8 Å². The minimum absolute atomic E-state index is 0.0863. The van der Waals surface area contributed by atoms with E-state index in [1.54, 1.807) is 45.0 Å². The number of carbonyl (C=O) groups is 3. The molecule has 1 aromatic carbocycles. The topological polar surface area (TPSA) is 129 Å². The van der Waals surface area contributed by atoms with Crippen molar-refractivity contribution in [3.63, 3.8) is 0 Å². The Morgan fingerprint density at radius 3 is 2.38 bits per heavy atom. The highest BCUT2D eigenvalue weighted by Crippen LogP contribution is 2.26. The molecule has 10 heteroatoms. The van der Waals surface area contributed by atoms with E-state index in [-0.39, 0.29) is 5.69 Å². The van der Waals surface area contributed by atoms with Gasteiger partial charge in [-0.05, 0) is 45.0 Å². The Labute approximate surface area is 171 Å². The number of nitrogens with one attached hydrogen (secondary N) is 1. The minimum atomic E-state index is -1.34. The monoisotopic (exact) mass is 421 g/mol. The van der Waals surface area contributed by atoms with Crippen molar-refractivity contribution in [1.29, 1.82) is 0 Å². The number of aromatic nitrogens is 1. The Morgan fingerprint density at radius 1 is 1.24 bits per heavy atom. The Bertz CT molecular complexity index is 888. The molecule has 0 fully saturated rings. The van der Waals surface area contributed by atoms with Crippen molar-refractivity contribution in [3.05, 3.63) is 35.3 Å². The second-order valence-corrected chi connectivity index (χ2v) is 8.05. The summed E-state index contributed by atoms with van der Waals surface area (Å²) in [5.74, 6) is -1.90. The minimum Gasteiger partial charge on any atom is -0.480 e. The number of carboxylic acid groups (broad SMARTS) is 1. The summed E-state index contributed by atoms with van der Waals surface area (Å²) in [6, 6.07) is 5.49. The second-order valence-electron chi connectivity index (χ2n) is 7.19. The van der Waals surface area contributed by atoms with Gasteiger partial charge in [0.05, 0.1) is 6.61 Å². The number of aliphatic hydroxyl groups is 1. The molecule has 0 aliphatic rings. The molecule has 0 aliphatic carbocycles. The molecule has 0 spiro atoms. The summed E-state index contributed by atoms with van der Waals surface area (Å²) in [6.45, 7) is 4.62. The van der Waals surface area contributed by atoms with Crippen LogP contribution in [-0.4, -0.2) is 63.4 Å². The fourth-order valence-corrected chi connectivity index (χ4v) is 3.11. The van der Waals surface area contributed by atoms with E-state index < -0.39 is 36.2 Å². The van der Waals surface area contributed by atoms with E-state index in [0.717, 1.165) is 10.5 Å². The van der Waals surface area contributed by atoms with E-state index in [4.69, 9.17) is 14.9 Å². The number of carboxylic acids is 1. The number of aliphatic carboxylic acids is 1. The van der Waals surface area contributed by atoms with Gasteiger partial charge in [0.25, 0.3) is 5.91 Å². The first-order valence-corrected chi connectivity index (χ1v) is 9.56. The molecule has 0 saturated carbocycles. The Hall–Kier alpha value is -2.98. The van der Waals surface area contributed by atoms with Crippen LogP contribution >= 0.6 is 11.3 Å². The molecular weight excluding hydrogens is 398 g/mol. The molecule has 1 aromatic heterocycles. The molecule has 2 amide bonds. The van der Waals surface area contributed by atoms with Crippen molar-refractivity contribution in [2.45, 2.75) is 32.4 Å². The van der Waals surface area contributed by atoms with Crippen LogP contribution in [0.4, 0.5) is 10.5 Å². The largest absolute Gasteiger partial charge is 0.480 e. The quantitative estimate of drug-likeness (QED) is 0.654. The number of ether oxygens (including phenoxy) is 1. The number of likely N-dealkylation sites (N-methyl/N-ethyl adjacent to an activating group) is 1. The molecular formula is C19H23N3O6S. The fraction of sp³-hybridized carbons (Fsp3) is 0.368. The lowest BCUT2D eigenvalue weighted by Crippen LogP contribution is -2.44. The van der Waals surface area contributed by atoms with Gasteiger partial charge in [0.2, 0.25) is 0 Å². The molecule has 29 heavy (non-hydrogen) atoms. The number of hydrogen-bond donors (Lipinski definition) is 3. The van der Waals surface area contributed by atoms with Crippen molar-refractivity contribution in [1.82, 2.24) is 9.88 Å². The molecule has 1 atom stereocenters. The van der Waals surface area contributed by atoms with Gasteiger partial charge in [-0.25, -0.2) is 14.6 Å². The van der Waals surface area contributed by atoms with Crippen LogP contribution in [0.1, 0.15) is 31.3 Å². The van der Waals surface area contributed by atoms with E-state index in [1.807, 2.05) is 0 Å². The highest BCUT2D eigenvalue weighted by atomic mass is 32.1. The van der Waals surface area contributed by atoms with Crippen LogP contribution in [0.5, 0.6) is 0 Å². The van der Waals surface area contributed by atoms with Crippen LogP contribution in [0.3, 0.4) is 0 Å². The van der Waals surface area contributed by atoms with Gasteiger partial charge in [0, 0.05) is 23.7 Å². The van der Waals surface area contributed by atoms with Crippen LogP contribution < -0.4 is 5.32 Å². The Kier molecular flexibility index (Phi) is 6.93. The van der Waals surface area contributed by atoms with Gasteiger partial charge in [-0.3, -0.25) is 10.1 Å². The Morgan fingerprint density at radius 2 is 1.86 bits per heavy atom. The van der Waals surface area contributed by atoms with Crippen molar-refractivity contribution in [2.24, 2.45) is 0 Å². The first-order valence-electron chi connectivity index (χ1n) is 8.68. The third kappa shape index (κ3) is 6.00. The molecule has 3 N–H and O–H groups in total. The number of hydrogen-bond acceptors (Lipinski definition) is 7. The molecule has 0 saturated heterocycles. The molecule has 0 radical (unpaired) electrons. The number of benzene rings is 1. The van der Waals surface area contributed by atoms with E-state index in [2.05, 4.69) is 10.3 Å². The molecule has 0 bridgehead atoms. The van der Waals surface area contributed by atoms with E-state index >= 15 is 0 Å². The first-order chi connectivity index (χ1) is 13.5. The average Bonchev–Trinajstić information content (AvgIpc) is 3.10. The number of nitrogens with zero attached hydrogens (tertiary/aromatic N) is 2. The summed E-state index contributed by atoms with van der Waals surface area (Å²) in [6.07, 6.45) is -0.563. The molecule has 2 rings (SSSR count). The summed E-state index contributed by atoms with van der Waals surface area (Å²) in [5, 5.41) is 22.9. The van der Waals surface area contributed by atoms with Gasteiger partial charge >= 0.3 is 12.1 Å². The number of anilines is 1. The average molecular weight is 421 g/mol. The van der Waals surface area contributed by atoms with Gasteiger partial charge in [-0.2, -0.15) is 0 Å². The summed E-state index contributed by atoms with van der Waals surface area (Å²) >= 11 is 1.22. The fourth-order valence-electron chi connectivity index (χ4n) is 2.31. The lowest BCUT2D eigenvalue weighted by Gasteiger charge is -2.22. The van der Waals surface area contributed by atoms with Gasteiger partial charge in [0.15, 0.2) is 6.04 Å². The van der Waals surface area contributed by atoms with Gasteiger partial charge in [-0.1, -0.05) is 0 Å². The van der Waals surface area contributed by atoms with Crippen molar-refractivity contribution >= 4 is 35.0 Å². The van der Waals surface area contributed by atoms with E-state index in [9.17, 15) is 14.4 Å². The number of amides is 2. The van der Waals surface area contributed by atoms with Crippen LogP contribution in [0.25, 0.3) is 10.6 Å². The summed E-state index contributed by atoms with van der Waals surface area (Å²) in [7, 11) is 1.30. The third-order valence-corrected chi connectivity index (χ3v) is 4.64. The summed E-state index contributed by atoms with van der Waals surface area (Å²) in [4.78, 5) is 40.5. The third-order valence-electron chi connectivity index (χ3n) is 3.75. The van der Waals surface area contributed by atoms with Crippen LogP contribution in [0.2, 0.25) is 0 Å².